The minimum absolute atomic E-state index is 0.0757. The summed E-state index contributed by atoms with van der Waals surface area (Å²) in [5.41, 5.74) is 0.682. The molecule has 0 unspecified atom stereocenters. The number of benzene rings is 1. The number of carbonyl (C=O) groups is 2. The van der Waals surface area contributed by atoms with E-state index in [2.05, 4.69) is 22.4 Å². The van der Waals surface area contributed by atoms with Crippen LogP contribution in [0.2, 0.25) is 0 Å². The number of carbonyl (C=O) groups excluding carboxylic acids is 2. The van der Waals surface area contributed by atoms with Crippen LogP contribution in [-0.4, -0.2) is 50.6 Å². The molecule has 0 saturated heterocycles. The minimum atomic E-state index is -0.539. The molecule has 1 aromatic heterocycles. The smallest absolute Gasteiger partial charge is 0.338 e. The van der Waals surface area contributed by atoms with Crippen LogP contribution >= 0.6 is 0 Å². The van der Waals surface area contributed by atoms with E-state index in [9.17, 15) is 9.59 Å². The molecule has 156 valence electrons. The summed E-state index contributed by atoms with van der Waals surface area (Å²) < 4.78 is 6.73. The fraction of sp³-hybridized carbons (Fsp3) is 0.571. The second-order valence-electron chi connectivity index (χ2n) is 7.70. The van der Waals surface area contributed by atoms with E-state index in [0.29, 0.717) is 30.3 Å². The maximum Gasteiger partial charge on any atom is 0.338 e. The first-order valence-corrected chi connectivity index (χ1v) is 10.3. The first kappa shape index (κ1) is 21.0. The quantitative estimate of drug-likeness (QED) is 0.693. The second-order valence-corrected chi connectivity index (χ2v) is 7.70. The SMILES string of the molecule is CCOC(=O)c1ccc(-n2nnnc2C2(N(C)C(=O)CC)CCC(C)CC2)cc1. The van der Waals surface area contributed by atoms with E-state index in [1.165, 1.54) is 0 Å². The first-order valence-electron chi connectivity index (χ1n) is 10.3. The van der Waals surface area contributed by atoms with Gasteiger partial charge in [0.25, 0.3) is 0 Å². The summed E-state index contributed by atoms with van der Waals surface area (Å²) in [6.07, 6.45) is 4.09. The molecule has 8 nitrogen and oxygen atoms in total. The summed E-state index contributed by atoms with van der Waals surface area (Å²) in [7, 11) is 1.85. The van der Waals surface area contributed by atoms with Gasteiger partial charge in [-0.15, -0.1) is 5.10 Å². The molecule has 1 aliphatic carbocycles. The van der Waals surface area contributed by atoms with Crippen LogP contribution in [0, 0.1) is 5.92 Å². The Morgan fingerprint density at radius 1 is 1.21 bits per heavy atom. The molecule has 0 atom stereocenters. The van der Waals surface area contributed by atoms with Gasteiger partial charge in [-0.25, -0.2) is 4.79 Å². The molecule has 0 spiro atoms. The lowest BCUT2D eigenvalue weighted by Crippen LogP contribution is -2.50. The highest BCUT2D eigenvalue weighted by atomic mass is 16.5. The predicted octanol–water partition coefficient (Wildman–Crippen LogP) is 3.11. The number of hydrogen-bond donors (Lipinski definition) is 0. The molecule has 0 N–H and O–H groups in total. The van der Waals surface area contributed by atoms with Gasteiger partial charge in [-0.3, -0.25) is 4.79 Å². The molecule has 1 aliphatic rings. The Bertz CT molecular complexity index is 853. The number of tetrazole rings is 1. The van der Waals surface area contributed by atoms with Gasteiger partial charge in [0.05, 0.1) is 17.9 Å². The van der Waals surface area contributed by atoms with Crippen LogP contribution in [0.4, 0.5) is 0 Å². The number of aromatic nitrogens is 4. The fourth-order valence-electron chi connectivity index (χ4n) is 4.03. The van der Waals surface area contributed by atoms with E-state index in [4.69, 9.17) is 4.74 Å². The summed E-state index contributed by atoms with van der Waals surface area (Å²) in [5.74, 6) is 0.993. The topological polar surface area (TPSA) is 90.2 Å². The van der Waals surface area contributed by atoms with Crippen LogP contribution in [0.5, 0.6) is 0 Å². The fourth-order valence-corrected chi connectivity index (χ4v) is 4.03. The van der Waals surface area contributed by atoms with Crippen molar-refractivity contribution in [2.75, 3.05) is 13.7 Å². The van der Waals surface area contributed by atoms with E-state index in [1.54, 1.807) is 35.9 Å². The molecular formula is C21H29N5O3. The summed E-state index contributed by atoms with van der Waals surface area (Å²) in [4.78, 5) is 26.4. The van der Waals surface area contributed by atoms with Crippen molar-refractivity contribution in [2.24, 2.45) is 5.92 Å². The summed E-state index contributed by atoms with van der Waals surface area (Å²) >= 11 is 0. The highest BCUT2D eigenvalue weighted by Crippen LogP contribution is 2.43. The Hall–Kier alpha value is -2.77. The average molecular weight is 399 g/mol. The van der Waals surface area contributed by atoms with Crippen molar-refractivity contribution in [1.82, 2.24) is 25.1 Å². The molecule has 0 aliphatic heterocycles. The lowest BCUT2D eigenvalue weighted by atomic mass is 9.75. The number of amides is 1. The largest absolute Gasteiger partial charge is 0.462 e. The molecule has 2 aromatic rings. The third kappa shape index (κ3) is 4.02. The van der Waals surface area contributed by atoms with Crippen molar-refractivity contribution >= 4 is 11.9 Å². The van der Waals surface area contributed by atoms with Crippen LogP contribution in [0.25, 0.3) is 5.69 Å². The van der Waals surface area contributed by atoms with Gasteiger partial charge in [0.15, 0.2) is 5.82 Å². The minimum Gasteiger partial charge on any atom is -0.462 e. The zero-order chi connectivity index (χ0) is 21.0. The molecule has 1 saturated carbocycles. The Balaban J connectivity index is 1.99. The molecule has 29 heavy (non-hydrogen) atoms. The Morgan fingerprint density at radius 3 is 2.45 bits per heavy atom. The molecular weight excluding hydrogens is 370 g/mol. The summed E-state index contributed by atoms with van der Waals surface area (Å²) in [6, 6.07) is 7.00. The van der Waals surface area contributed by atoms with E-state index in [1.807, 2.05) is 18.9 Å². The predicted molar refractivity (Wildman–Crippen MR) is 107 cm³/mol. The lowest BCUT2D eigenvalue weighted by molar-refractivity contribution is -0.138. The van der Waals surface area contributed by atoms with Crippen molar-refractivity contribution in [3.8, 4) is 5.69 Å². The van der Waals surface area contributed by atoms with Gasteiger partial charge in [-0.1, -0.05) is 13.8 Å². The zero-order valence-corrected chi connectivity index (χ0v) is 17.6. The van der Waals surface area contributed by atoms with E-state index in [0.717, 1.165) is 31.4 Å². The molecule has 0 bridgehead atoms. The van der Waals surface area contributed by atoms with Crippen LogP contribution < -0.4 is 0 Å². The first-order chi connectivity index (χ1) is 13.9. The highest BCUT2D eigenvalue weighted by molar-refractivity contribution is 5.89. The number of rotatable bonds is 6. The lowest BCUT2D eigenvalue weighted by Gasteiger charge is -2.44. The van der Waals surface area contributed by atoms with Crippen molar-refractivity contribution in [3.05, 3.63) is 35.7 Å². The molecule has 1 heterocycles. The maximum atomic E-state index is 12.6. The van der Waals surface area contributed by atoms with Gasteiger partial charge in [0.2, 0.25) is 5.91 Å². The number of nitrogens with zero attached hydrogens (tertiary/aromatic N) is 5. The standard InChI is InChI=1S/C21H29N5O3/c1-5-18(27)25(4)21(13-11-15(3)12-14-21)20-22-23-24-26(20)17-9-7-16(8-10-17)19(28)29-6-2/h7-10,15H,5-6,11-14H2,1-4H3. The number of hydrogen-bond acceptors (Lipinski definition) is 6. The van der Waals surface area contributed by atoms with Gasteiger partial charge in [-0.2, -0.15) is 4.68 Å². The van der Waals surface area contributed by atoms with Gasteiger partial charge in [-0.05, 0) is 73.2 Å². The number of ether oxygens (including phenoxy) is 1. The van der Waals surface area contributed by atoms with E-state index in [-0.39, 0.29) is 11.9 Å². The van der Waals surface area contributed by atoms with Gasteiger partial charge < -0.3 is 9.64 Å². The Labute approximate surface area is 171 Å². The number of esters is 1. The molecule has 8 heteroatoms. The summed E-state index contributed by atoms with van der Waals surface area (Å²) in [6.45, 7) is 6.21. The van der Waals surface area contributed by atoms with E-state index >= 15 is 0 Å². The summed E-state index contributed by atoms with van der Waals surface area (Å²) in [5, 5.41) is 12.5. The van der Waals surface area contributed by atoms with Crippen LogP contribution in [-0.2, 0) is 15.1 Å². The Morgan fingerprint density at radius 2 is 1.86 bits per heavy atom. The molecule has 1 fully saturated rings. The van der Waals surface area contributed by atoms with Crippen LogP contribution in [0.3, 0.4) is 0 Å². The third-order valence-corrected chi connectivity index (χ3v) is 5.93. The molecule has 1 aromatic carbocycles. The second kappa shape index (κ2) is 8.71. The zero-order valence-electron chi connectivity index (χ0n) is 17.6. The average Bonchev–Trinajstić information content (AvgIpc) is 3.24. The highest BCUT2D eigenvalue weighted by Gasteiger charge is 2.45. The third-order valence-electron chi connectivity index (χ3n) is 5.93. The molecule has 0 radical (unpaired) electrons. The van der Waals surface area contributed by atoms with Crippen LogP contribution in [0.1, 0.15) is 69.1 Å². The maximum absolute atomic E-state index is 12.6. The van der Waals surface area contributed by atoms with Crippen molar-refractivity contribution in [1.29, 1.82) is 0 Å². The van der Waals surface area contributed by atoms with E-state index < -0.39 is 5.54 Å². The molecule has 1 amide bonds. The normalized spacial score (nSPS) is 21.6. The van der Waals surface area contributed by atoms with Gasteiger partial charge in [0.1, 0.15) is 5.54 Å². The van der Waals surface area contributed by atoms with Crippen molar-refractivity contribution < 1.29 is 14.3 Å². The monoisotopic (exact) mass is 399 g/mol. The van der Waals surface area contributed by atoms with Crippen molar-refractivity contribution in [3.63, 3.8) is 0 Å². The molecule has 3 rings (SSSR count). The van der Waals surface area contributed by atoms with Gasteiger partial charge >= 0.3 is 5.97 Å². The Kier molecular flexibility index (Phi) is 6.30. The van der Waals surface area contributed by atoms with Gasteiger partial charge in [0, 0.05) is 13.5 Å². The van der Waals surface area contributed by atoms with Crippen molar-refractivity contribution in [2.45, 2.75) is 58.4 Å². The van der Waals surface area contributed by atoms with Crippen LogP contribution in [0.15, 0.2) is 24.3 Å².